The monoisotopic (exact) mass is 226 g/mol. The molecule has 0 aromatic heterocycles. The molecule has 1 rings (SSSR count). The third-order valence-corrected chi connectivity index (χ3v) is 3.91. The van der Waals surface area contributed by atoms with Crippen LogP contribution in [-0.2, 0) is 4.74 Å². The minimum absolute atomic E-state index is 0.000185. The lowest BCUT2D eigenvalue weighted by Gasteiger charge is -2.38. The van der Waals surface area contributed by atoms with Crippen LogP contribution < -0.4 is 0 Å². The lowest BCUT2D eigenvalue weighted by atomic mass is 9.77. The molecule has 94 valence electrons. The Bertz CT molecular complexity index is 221. The zero-order valence-electron chi connectivity index (χ0n) is 11.0. The van der Waals surface area contributed by atoms with Gasteiger partial charge in [0.05, 0.1) is 18.8 Å². The molecule has 5 unspecified atom stereocenters. The zero-order chi connectivity index (χ0) is 12.1. The summed E-state index contributed by atoms with van der Waals surface area (Å²) in [5, 5.41) is 9.22. The van der Waals surface area contributed by atoms with Gasteiger partial charge in [-0.3, -0.25) is 0 Å². The second-order valence-electron chi connectivity index (χ2n) is 4.99. The van der Waals surface area contributed by atoms with Gasteiger partial charge in [0.25, 0.3) is 0 Å². The van der Waals surface area contributed by atoms with Gasteiger partial charge in [0, 0.05) is 5.92 Å². The maximum Gasteiger partial charge on any atom is 0.0807 e. The fourth-order valence-electron chi connectivity index (χ4n) is 2.38. The molecule has 2 nitrogen and oxygen atoms in total. The van der Waals surface area contributed by atoms with Gasteiger partial charge in [0.1, 0.15) is 0 Å². The van der Waals surface area contributed by atoms with Crippen LogP contribution in [0.3, 0.4) is 0 Å². The van der Waals surface area contributed by atoms with Gasteiger partial charge >= 0.3 is 0 Å². The molecule has 2 heteroatoms. The molecule has 0 saturated heterocycles. The highest BCUT2D eigenvalue weighted by atomic mass is 16.5. The average molecular weight is 226 g/mol. The van der Waals surface area contributed by atoms with Crippen LogP contribution in [0.25, 0.3) is 0 Å². The van der Waals surface area contributed by atoms with Gasteiger partial charge in [-0.2, -0.15) is 0 Å². The van der Waals surface area contributed by atoms with E-state index in [9.17, 15) is 5.11 Å². The first-order valence-electron chi connectivity index (χ1n) is 6.58. The van der Waals surface area contributed by atoms with Gasteiger partial charge in [-0.05, 0) is 24.7 Å². The van der Waals surface area contributed by atoms with E-state index in [-0.39, 0.29) is 18.8 Å². The van der Waals surface area contributed by atoms with Crippen molar-refractivity contribution in [1.29, 1.82) is 0 Å². The van der Waals surface area contributed by atoms with Crippen molar-refractivity contribution in [1.82, 2.24) is 0 Å². The van der Waals surface area contributed by atoms with E-state index in [0.29, 0.717) is 17.8 Å². The van der Waals surface area contributed by atoms with Crippen LogP contribution in [0.4, 0.5) is 0 Å². The Morgan fingerprint density at radius 3 is 2.44 bits per heavy atom. The van der Waals surface area contributed by atoms with Crippen LogP contribution in [-0.4, -0.2) is 23.9 Å². The van der Waals surface area contributed by atoms with Crippen molar-refractivity contribution < 1.29 is 9.84 Å². The van der Waals surface area contributed by atoms with Gasteiger partial charge < -0.3 is 9.84 Å². The molecule has 0 heterocycles. The van der Waals surface area contributed by atoms with E-state index in [1.165, 1.54) is 0 Å². The molecule has 1 aliphatic carbocycles. The molecule has 0 saturated carbocycles. The molecule has 5 atom stereocenters. The quantitative estimate of drug-likeness (QED) is 0.730. The van der Waals surface area contributed by atoms with Crippen LogP contribution >= 0.6 is 0 Å². The van der Waals surface area contributed by atoms with Crippen LogP contribution in [0.2, 0.25) is 0 Å². The van der Waals surface area contributed by atoms with Gasteiger partial charge in [-0.1, -0.05) is 39.8 Å². The molecule has 16 heavy (non-hydrogen) atoms. The molecular weight excluding hydrogens is 200 g/mol. The third kappa shape index (κ3) is 3.08. The molecule has 0 aromatic carbocycles. The van der Waals surface area contributed by atoms with Gasteiger partial charge in [0.15, 0.2) is 0 Å². The summed E-state index contributed by atoms with van der Waals surface area (Å²) < 4.78 is 6.07. The molecule has 0 fully saturated rings. The zero-order valence-corrected chi connectivity index (χ0v) is 11.0. The van der Waals surface area contributed by atoms with Gasteiger partial charge in [-0.15, -0.1) is 0 Å². The predicted molar refractivity (Wildman–Crippen MR) is 67.3 cm³/mol. The Labute approximate surface area is 99.7 Å². The molecule has 0 bridgehead atoms. The Hall–Kier alpha value is -0.340. The molecule has 0 aliphatic heterocycles. The van der Waals surface area contributed by atoms with Crippen LogP contribution in [0, 0.1) is 17.8 Å². The van der Waals surface area contributed by atoms with E-state index in [2.05, 4.69) is 39.8 Å². The van der Waals surface area contributed by atoms with E-state index >= 15 is 0 Å². The Morgan fingerprint density at radius 1 is 1.25 bits per heavy atom. The summed E-state index contributed by atoms with van der Waals surface area (Å²) >= 11 is 0. The number of aliphatic hydroxyl groups excluding tert-OH is 1. The van der Waals surface area contributed by atoms with Crippen molar-refractivity contribution in [3.05, 3.63) is 12.2 Å². The summed E-state index contributed by atoms with van der Waals surface area (Å²) in [6.07, 6.45) is 6.86. The SMILES string of the molecule is CCC(CO)OC1C(CC)C=CC(C)C1C. The van der Waals surface area contributed by atoms with Crippen LogP contribution in [0.5, 0.6) is 0 Å². The van der Waals surface area contributed by atoms with Crippen molar-refractivity contribution in [2.45, 2.75) is 52.7 Å². The summed E-state index contributed by atoms with van der Waals surface area (Å²) in [6, 6.07) is 0. The summed E-state index contributed by atoms with van der Waals surface area (Å²) in [4.78, 5) is 0. The highest BCUT2D eigenvalue weighted by Gasteiger charge is 2.32. The standard InChI is InChI=1S/C14H26O2/c1-5-12-8-7-10(3)11(4)14(12)16-13(6-2)9-15/h7-8,10-15H,5-6,9H2,1-4H3. The molecule has 0 amide bonds. The molecule has 0 radical (unpaired) electrons. The molecule has 0 aromatic rings. The number of allylic oxidation sites excluding steroid dienone is 1. The highest BCUT2D eigenvalue weighted by Crippen LogP contribution is 2.33. The fourth-order valence-corrected chi connectivity index (χ4v) is 2.38. The highest BCUT2D eigenvalue weighted by molar-refractivity contribution is 5.03. The first-order chi connectivity index (χ1) is 7.63. The lowest BCUT2D eigenvalue weighted by molar-refractivity contribution is -0.0901. The number of rotatable bonds is 5. The van der Waals surface area contributed by atoms with Crippen molar-refractivity contribution in [2.24, 2.45) is 17.8 Å². The second-order valence-corrected chi connectivity index (χ2v) is 4.99. The largest absolute Gasteiger partial charge is 0.394 e. The maximum atomic E-state index is 9.22. The molecular formula is C14H26O2. The average Bonchev–Trinajstić information content (AvgIpc) is 2.31. The minimum Gasteiger partial charge on any atom is -0.394 e. The van der Waals surface area contributed by atoms with E-state index in [0.717, 1.165) is 12.8 Å². The van der Waals surface area contributed by atoms with Gasteiger partial charge in [-0.25, -0.2) is 0 Å². The van der Waals surface area contributed by atoms with Gasteiger partial charge in [0.2, 0.25) is 0 Å². The third-order valence-electron chi connectivity index (χ3n) is 3.91. The lowest BCUT2D eigenvalue weighted by Crippen LogP contribution is -2.39. The number of aliphatic hydroxyl groups is 1. The second kappa shape index (κ2) is 6.41. The number of ether oxygens (including phenoxy) is 1. The van der Waals surface area contributed by atoms with Crippen molar-refractivity contribution in [2.75, 3.05) is 6.61 Å². The summed E-state index contributed by atoms with van der Waals surface area (Å²) in [5.41, 5.74) is 0. The van der Waals surface area contributed by atoms with Crippen LogP contribution in [0.15, 0.2) is 12.2 Å². The van der Waals surface area contributed by atoms with E-state index in [1.807, 2.05) is 0 Å². The van der Waals surface area contributed by atoms with E-state index in [1.54, 1.807) is 0 Å². The minimum atomic E-state index is 0.000185. The Kier molecular flexibility index (Phi) is 5.50. The summed E-state index contributed by atoms with van der Waals surface area (Å²) in [6.45, 7) is 8.89. The van der Waals surface area contributed by atoms with E-state index < -0.39 is 0 Å². The van der Waals surface area contributed by atoms with Crippen molar-refractivity contribution in [3.63, 3.8) is 0 Å². The fraction of sp³-hybridized carbons (Fsp3) is 0.857. The topological polar surface area (TPSA) is 29.5 Å². The first kappa shape index (κ1) is 13.7. The molecule has 1 N–H and O–H groups in total. The maximum absolute atomic E-state index is 9.22. The number of hydrogen-bond donors (Lipinski definition) is 1. The molecule has 1 aliphatic rings. The smallest absolute Gasteiger partial charge is 0.0807 e. The van der Waals surface area contributed by atoms with Crippen molar-refractivity contribution >= 4 is 0 Å². The molecule has 0 spiro atoms. The normalized spacial score (nSPS) is 36.3. The van der Waals surface area contributed by atoms with Crippen LogP contribution in [0.1, 0.15) is 40.5 Å². The Morgan fingerprint density at radius 2 is 1.94 bits per heavy atom. The first-order valence-corrected chi connectivity index (χ1v) is 6.58. The summed E-state index contributed by atoms with van der Waals surface area (Å²) in [7, 11) is 0. The van der Waals surface area contributed by atoms with E-state index in [4.69, 9.17) is 4.74 Å². The summed E-state index contributed by atoms with van der Waals surface area (Å²) in [5.74, 6) is 1.62. The number of hydrogen-bond acceptors (Lipinski definition) is 2. The predicted octanol–water partition coefficient (Wildman–Crippen LogP) is 3.01. The van der Waals surface area contributed by atoms with Crippen molar-refractivity contribution in [3.8, 4) is 0 Å². The Balaban J connectivity index is 2.69.